The van der Waals surface area contributed by atoms with E-state index in [-0.39, 0.29) is 11.8 Å². The lowest BCUT2D eigenvalue weighted by Crippen LogP contribution is -2.30. The first-order valence-corrected chi connectivity index (χ1v) is 6.12. The van der Waals surface area contributed by atoms with Gasteiger partial charge in [-0.15, -0.1) is 0 Å². The molecule has 0 aliphatic carbocycles. The van der Waals surface area contributed by atoms with Crippen LogP contribution < -0.4 is 5.32 Å². The zero-order valence-corrected chi connectivity index (χ0v) is 10.1. The molecule has 0 aromatic rings. The van der Waals surface area contributed by atoms with Crippen LogP contribution >= 0.6 is 22.6 Å². The molecule has 0 aliphatic rings. The Balaban J connectivity index is 3.54. The standard InChI is InChI=1S/C9H18INO/c1-3-8(4-2)9(12)11-7-5-6-10/h8H,3-7H2,1-2H3,(H,11,12). The fourth-order valence-corrected chi connectivity index (χ4v) is 1.46. The summed E-state index contributed by atoms with van der Waals surface area (Å²) in [7, 11) is 0. The Morgan fingerprint density at radius 2 is 2.00 bits per heavy atom. The Labute approximate surface area is 88.6 Å². The normalized spacial score (nSPS) is 10.3. The molecule has 0 heterocycles. The van der Waals surface area contributed by atoms with E-state index in [1.54, 1.807) is 0 Å². The van der Waals surface area contributed by atoms with E-state index >= 15 is 0 Å². The molecule has 0 aromatic heterocycles. The molecule has 2 nitrogen and oxygen atoms in total. The van der Waals surface area contributed by atoms with Crippen molar-refractivity contribution in [2.45, 2.75) is 33.1 Å². The lowest BCUT2D eigenvalue weighted by atomic mass is 10.0. The van der Waals surface area contributed by atoms with Gasteiger partial charge in [0, 0.05) is 16.9 Å². The van der Waals surface area contributed by atoms with Crippen LogP contribution in [0.4, 0.5) is 0 Å². The van der Waals surface area contributed by atoms with Gasteiger partial charge in [-0.2, -0.15) is 0 Å². The highest BCUT2D eigenvalue weighted by Crippen LogP contribution is 2.06. The Hall–Kier alpha value is 0.200. The molecule has 0 aromatic carbocycles. The lowest BCUT2D eigenvalue weighted by Gasteiger charge is -2.11. The number of amides is 1. The number of hydrogen-bond donors (Lipinski definition) is 1. The molecule has 0 fully saturated rings. The van der Waals surface area contributed by atoms with E-state index < -0.39 is 0 Å². The minimum absolute atomic E-state index is 0.221. The monoisotopic (exact) mass is 283 g/mol. The molecule has 72 valence electrons. The molecule has 1 amide bonds. The fourth-order valence-electron chi connectivity index (χ4n) is 1.08. The summed E-state index contributed by atoms with van der Waals surface area (Å²) < 4.78 is 1.11. The molecule has 0 spiro atoms. The summed E-state index contributed by atoms with van der Waals surface area (Å²) in [6.07, 6.45) is 2.98. The molecule has 0 radical (unpaired) electrons. The predicted molar refractivity (Wildman–Crippen MR) is 60.6 cm³/mol. The van der Waals surface area contributed by atoms with Gasteiger partial charge >= 0.3 is 0 Å². The second kappa shape index (κ2) is 7.83. The fraction of sp³-hybridized carbons (Fsp3) is 0.889. The molecule has 0 rings (SSSR count). The smallest absolute Gasteiger partial charge is 0.223 e. The van der Waals surface area contributed by atoms with E-state index in [1.807, 2.05) is 0 Å². The van der Waals surface area contributed by atoms with Crippen LogP contribution in [0.2, 0.25) is 0 Å². The SMILES string of the molecule is CCC(CC)C(=O)NCCCI. The van der Waals surface area contributed by atoms with Gasteiger partial charge < -0.3 is 5.32 Å². The van der Waals surface area contributed by atoms with Gasteiger partial charge in [0.25, 0.3) is 0 Å². The third-order valence-corrected chi connectivity index (χ3v) is 2.73. The summed E-state index contributed by atoms with van der Waals surface area (Å²) in [5, 5.41) is 2.94. The largest absolute Gasteiger partial charge is 0.356 e. The molecule has 0 saturated carbocycles. The van der Waals surface area contributed by atoms with Crippen molar-refractivity contribution in [2.75, 3.05) is 11.0 Å². The molecule has 12 heavy (non-hydrogen) atoms. The van der Waals surface area contributed by atoms with Gasteiger partial charge in [-0.05, 0) is 19.3 Å². The van der Waals surface area contributed by atoms with Crippen LogP contribution in [0.3, 0.4) is 0 Å². The maximum Gasteiger partial charge on any atom is 0.223 e. The van der Waals surface area contributed by atoms with Crippen molar-refractivity contribution in [3.63, 3.8) is 0 Å². The highest BCUT2D eigenvalue weighted by atomic mass is 127. The van der Waals surface area contributed by atoms with Gasteiger partial charge in [-0.25, -0.2) is 0 Å². The maximum absolute atomic E-state index is 11.4. The van der Waals surface area contributed by atoms with Crippen molar-refractivity contribution in [3.8, 4) is 0 Å². The summed E-state index contributed by atoms with van der Waals surface area (Å²) in [6.45, 7) is 4.95. The van der Waals surface area contributed by atoms with E-state index in [0.29, 0.717) is 0 Å². The zero-order valence-electron chi connectivity index (χ0n) is 7.90. The Bertz CT molecular complexity index is 124. The van der Waals surface area contributed by atoms with Crippen molar-refractivity contribution >= 4 is 28.5 Å². The quantitative estimate of drug-likeness (QED) is 0.452. The first-order chi connectivity index (χ1) is 5.76. The highest BCUT2D eigenvalue weighted by molar-refractivity contribution is 14.1. The second-order valence-electron chi connectivity index (χ2n) is 2.85. The molecule has 0 bridgehead atoms. The molecule has 0 atom stereocenters. The molecule has 3 heteroatoms. The van der Waals surface area contributed by atoms with Crippen molar-refractivity contribution in [2.24, 2.45) is 5.92 Å². The van der Waals surface area contributed by atoms with Gasteiger partial charge in [-0.1, -0.05) is 36.4 Å². The van der Waals surface area contributed by atoms with Gasteiger partial charge in [-0.3, -0.25) is 4.79 Å². The topological polar surface area (TPSA) is 29.1 Å². The summed E-state index contributed by atoms with van der Waals surface area (Å²) >= 11 is 2.32. The Morgan fingerprint density at radius 3 is 2.42 bits per heavy atom. The third-order valence-electron chi connectivity index (χ3n) is 1.97. The highest BCUT2D eigenvalue weighted by Gasteiger charge is 2.12. The average molecular weight is 283 g/mol. The number of alkyl halides is 1. The number of halogens is 1. The van der Waals surface area contributed by atoms with E-state index in [2.05, 4.69) is 41.8 Å². The molecule has 0 saturated heterocycles. The number of nitrogens with one attached hydrogen (secondary N) is 1. The van der Waals surface area contributed by atoms with Crippen molar-refractivity contribution in [3.05, 3.63) is 0 Å². The van der Waals surface area contributed by atoms with Gasteiger partial charge in [0.2, 0.25) is 5.91 Å². The zero-order chi connectivity index (χ0) is 9.40. The molecular weight excluding hydrogens is 265 g/mol. The Kier molecular flexibility index (Phi) is 7.96. The van der Waals surface area contributed by atoms with Crippen LogP contribution in [0.25, 0.3) is 0 Å². The van der Waals surface area contributed by atoms with Crippen LogP contribution in [-0.4, -0.2) is 16.9 Å². The molecular formula is C9H18INO. The first-order valence-electron chi connectivity index (χ1n) is 4.59. The van der Waals surface area contributed by atoms with E-state index in [1.165, 1.54) is 0 Å². The molecule has 1 N–H and O–H groups in total. The maximum atomic E-state index is 11.4. The van der Waals surface area contributed by atoms with Crippen LogP contribution in [0.5, 0.6) is 0 Å². The van der Waals surface area contributed by atoms with Crippen LogP contribution in [0.15, 0.2) is 0 Å². The minimum atomic E-state index is 0.221. The summed E-state index contributed by atoms with van der Waals surface area (Å²) in [6, 6.07) is 0. The molecule has 0 unspecified atom stereocenters. The van der Waals surface area contributed by atoms with E-state index in [0.717, 1.165) is 30.2 Å². The van der Waals surface area contributed by atoms with Crippen molar-refractivity contribution < 1.29 is 4.79 Å². The number of hydrogen-bond acceptors (Lipinski definition) is 1. The number of carbonyl (C=O) groups excluding carboxylic acids is 1. The lowest BCUT2D eigenvalue weighted by molar-refractivity contribution is -0.125. The average Bonchev–Trinajstić information content (AvgIpc) is 2.07. The van der Waals surface area contributed by atoms with Crippen molar-refractivity contribution in [1.29, 1.82) is 0 Å². The third kappa shape index (κ3) is 4.95. The summed E-state index contributed by atoms with van der Waals surface area (Å²) in [5.41, 5.74) is 0. The minimum Gasteiger partial charge on any atom is -0.356 e. The number of carbonyl (C=O) groups is 1. The van der Waals surface area contributed by atoms with Crippen LogP contribution in [-0.2, 0) is 4.79 Å². The van der Waals surface area contributed by atoms with Gasteiger partial charge in [0.05, 0.1) is 0 Å². The van der Waals surface area contributed by atoms with E-state index in [9.17, 15) is 4.79 Å². The number of rotatable bonds is 6. The molecule has 0 aliphatic heterocycles. The van der Waals surface area contributed by atoms with Gasteiger partial charge in [0.15, 0.2) is 0 Å². The van der Waals surface area contributed by atoms with Crippen LogP contribution in [0.1, 0.15) is 33.1 Å². The predicted octanol–water partition coefficient (Wildman–Crippen LogP) is 2.36. The second-order valence-corrected chi connectivity index (χ2v) is 3.93. The summed E-state index contributed by atoms with van der Waals surface area (Å²) in [4.78, 5) is 11.4. The van der Waals surface area contributed by atoms with Crippen molar-refractivity contribution in [1.82, 2.24) is 5.32 Å². The van der Waals surface area contributed by atoms with Gasteiger partial charge in [0.1, 0.15) is 0 Å². The summed E-state index contributed by atoms with van der Waals surface area (Å²) in [5.74, 6) is 0.448. The Morgan fingerprint density at radius 1 is 1.42 bits per heavy atom. The van der Waals surface area contributed by atoms with E-state index in [4.69, 9.17) is 0 Å². The first kappa shape index (κ1) is 12.2. The van der Waals surface area contributed by atoms with Crippen LogP contribution in [0, 0.1) is 5.92 Å².